The van der Waals surface area contributed by atoms with Crippen molar-refractivity contribution in [2.45, 2.75) is 13.3 Å². The van der Waals surface area contributed by atoms with Crippen LogP contribution in [0.5, 0.6) is 0 Å². The van der Waals surface area contributed by atoms with Crippen molar-refractivity contribution in [1.82, 2.24) is 15.5 Å². The number of H-pyrrole nitrogens is 1. The van der Waals surface area contributed by atoms with E-state index in [4.69, 9.17) is 0 Å². The Balaban J connectivity index is 1.94. The van der Waals surface area contributed by atoms with Crippen LogP contribution in [0.1, 0.15) is 12.5 Å². The Bertz CT molecular complexity index is 589. The van der Waals surface area contributed by atoms with Crippen molar-refractivity contribution in [3.63, 3.8) is 0 Å². The summed E-state index contributed by atoms with van der Waals surface area (Å²) >= 11 is 0. The summed E-state index contributed by atoms with van der Waals surface area (Å²) in [6.45, 7) is 2.24. The van der Waals surface area contributed by atoms with Gasteiger partial charge in [-0.1, -0.05) is 18.1 Å². The van der Waals surface area contributed by atoms with Crippen LogP contribution in [-0.2, 0) is 11.2 Å². The summed E-state index contributed by atoms with van der Waals surface area (Å²) in [6.07, 6.45) is 2.57. The predicted molar refractivity (Wildman–Crippen MR) is 66.3 cm³/mol. The van der Waals surface area contributed by atoms with Crippen LogP contribution in [0.15, 0.2) is 24.4 Å². The zero-order valence-electron chi connectivity index (χ0n) is 9.58. The van der Waals surface area contributed by atoms with Crippen molar-refractivity contribution < 1.29 is 4.79 Å². The molecule has 0 aliphatic carbocycles. The molecule has 0 saturated carbocycles. The van der Waals surface area contributed by atoms with E-state index in [0.29, 0.717) is 6.54 Å². The van der Waals surface area contributed by atoms with Gasteiger partial charge in [0.05, 0.1) is 11.7 Å². The van der Waals surface area contributed by atoms with E-state index in [1.807, 2.05) is 18.2 Å². The monoisotopic (exact) mass is 227 g/mol. The SMILES string of the molecule is CC#CC(=O)NCCc1ccc2cn[nH]c2c1. The molecule has 1 heterocycles. The van der Waals surface area contributed by atoms with E-state index in [1.165, 1.54) is 0 Å². The van der Waals surface area contributed by atoms with Crippen molar-refractivity contribution in [2.24, 2.45) is 0 Å². The number of benzene rings is 1. The third-order valence-electron chi connectivity index (χ3n) is 2.44. The average molecular weight is 227 g/mol. The summed E-state index contributed by atoms with van der Waals surface area (Å²) in [6, 6.07) is 6.09. The van der Waals surface area contributed by atoms with Crippen LogP contribution >= 0.6 is 0 Å². The highest BCUT2D eigenvalue weighted by atomic mass is 16.1. The number of nitrogens with one attached hydrogen (secondary N) is 2. The zero-order chi connectivity index (χ0) is 12.1. The summed E-state index contributed by atoms with van der Waals surface area (Å²) in [7, 11) is 0. The van der Waals surface area contributed by atoms with Crippen molar-refractivity contribution in [3.05, 3.63) is 30.0 Å². The lowest BCUT2D eigenvalue weighted by Gasteiger charge is -2.02. The molecule has 1 aromatic carbocycles. The number of nitrogens with zero attached hydrogens (tertiary/aromatic N) is 1. The maximum atomic E-state index is 11.1. The maximum absolute atomic E-state index is 11.1. The Kier molecular flexibility index (Phi) is 3.41. The second-order valence-corrected chi connectivity index (χ2v) is 3.67. The lowest BCUT2D eigenvalue weighted by atomic mass is 10.1. The predicted octanol–water partition coefficient (Wildman–Crippen LogP) is 1.24. The van der Waals surface area contributed by atoms with Crippen molar-refractivity contribution in [3.8, 4) is 11.8 Å². The van der Waals surface area contributed by atoms with Gasteiger partial charge in [-0.15, -0.1) is 0 Å². The third kappa shape index (κ3) is 2.85. The number of aromatic amines is 1. The summed E-state index contributed by atoms with van der Waals surface area (Å²) in [4.78, 5) is 11.1. The Morgan fingerprint density at radius 3 is 3.24 bits per heavy atom. The van der Waals surface area contributed by atoms with Crippen molar-refractivity contribution in [1.29, 1.82) is 0 Å². The molecule has 4 heteroatoms. The Morgan fingerprint density at radius 2 is 2.41 bits per heavy atom. The minimum atomic E-state index is -0.227. The van der Waals surface area contributed by atoms with Crippen molar-refractivity contribution >= 4 is 16.8 Å². The molecule has 0 atom stereocenters. The number of hydrogen-bond acceptors (Lipinski definition) is 2. The van der Waals surface area contributed by atoms with Gasteiger partial charge in [-0.3, -0.25) is 9.89 Å². The Labute approximate surface area is 99.4 Å². The fourth-order valence-corrected chi connectivity index (χ4v) is 1.62. The molecule has 0 bridgehead atoms. The molecule has 0 aliphatic rings. The van der Waals surface area contributed by atoms with Gasteiger partial charge in [-0.25, -0.2) is 0 Å². The van der Waals surface area contributed by atoms with Gasteiger partial charge < -0.3 is 5.32 Å². The molecule has 2 aromatic rings. The number of aromatic nitrogens is 2. The quantitative estimate of drug-likeness (QED) is 0.775. The van der Waals surface area contributed by atoms with Crippen LogP contribution in [0.4, 0.5) is 0 Å². The molecule has 0 aliphatic heterocycles. The highest BCUT2D eigenvalue weighted by Crippen LogP contribution is 2.12. The second-order valence-electron chi connectivity index (χ2n) is 3.67. The van der Waals surface area contributed by atoms with Gasteiger partial charge in [0.25, 0.3) is 5.91 Å². The number of rotatable bonds is 3. The lowest BCUT2D eigenvalue weighted by molar-refractivity contribution is -0.115. The lowest BCUT2D eigenvalue weighted by Crippen LogP contribution is -2.23. The molecule has 1 aromatic heterocycles. The van der Waals surface area contributed by atoms with E-state index in [0.717, 1.165) is 22.9 Å². The van der Waals surface area contributed by atoms with Crippen LogP contribution in [0.2, 0.25) is 0 Å². The number of carbonyl (C=O) groups excluding carboxylic acids is 1. The number of amides is 1. The van der Waals surface area contributed by atoms with Gasteiger partial charge in [0.2, 0.25) is 0 Å². The number of hydrogen-bond donors (Lipinski definition) is 2. The zero-order valence-corrected chi connectivity index (χ0v) is 9.58. The topological polar surface area (TPSA) is 57.8 Å². The first-order chi connectivity index (χ1) is 8.29. The van der Waals surface area contributed by atoms with E-state index in [2.05, 4.69) is 27.4 Å². The van der Waals surface area contributed by atoms with Crippen molar-refractivity contribution in [2.75, 3.05) is 6.54 Å². The standard InChI is InChI=1S/C13H13N3O/c1-2-3-13(17)14-7-6-10-4-5-11-9-15-16-12(11)8-10/h4-5,8-9H,6-7H2,1H3,(H,14,17)(H,15,16). The van der Waals surface area contributed by atoms with E-state index in [-0.39, 0.29) is 5.91 Å². The first kappa shape index (κ1) is 11.2. The summed E-state index contributed by atoms with van der Waals surface area (Å²) in [5, 5.41) is 10.7. The van der Waals surface area contributed by atoms with Crippen LogP contribution in [0.25, 0.3) is 10.9 Å². The molecular weight excluding hydrogens is 214 g/mol. The van der Waals surface area contributed by atoms with Gasteiger partial charge in [-0.05, 0) is 30.9 Å². The fourth-order valence-electron chi connectivity index (χ4n) is 1.62. The first-order valence-corrected chi connectivity index (χ1v) is 5.42. The molecule has 0 fully saturated rings. The second kappa shape index (κ2) is 5.17. The summed E-state index contributed by atoms with van der Waals surface area (Å²) in [5.41, 5.74) is 2.17. The Morgan fingerprint density at radius 1 is 1.53 bits per heavy atom. The smallest absolute Gasteiger partial charge is 0.295 e. The normalized spacial score (nSPS) is 9.71. The van der Waals surface area contributed by atoms with Gasteiger partial charge in [-0.2, -0.15) is 5.10 Å². The van der Waals surface area contributed by atoms with Crippen LogP contribution in [-0.4, -0.2) is 22.6 Å². The third-order valence-corrected chi connectivity index (χ3v) is 2.44. The molecule has 0 spiro atoms. The van der Waals surface area contributed by atoms with Crippen LogP contribution in [0.3, 0.4) is 0 Å². The fraction of sp³-hybridized carbons (Fsp3) is 0.231. The minimum Gasteiger partial charge on any atom is -0.345 e. The van der Waals surface area contributed by atoms with Gasteiger partial charge in [0, 0.05) is 11.9 Å². The molecule has 0 saturated heterocycles. The highest BCUT2D eigenvalue weighted by molar-refractivity contribution is 5.93. The molecular formula is C13H13N3O. The number of fused-ring (bicyclic) bond motifs is 1. The largest absolute Gasteiger partial charge is 0.345 e. The van der Waals surface area contributed by atoms with Gasteiger partial charge in [0.1, 0.15) is 0 Å². The molecule has 4 nitrogen and oxygen atoms in total. The van der Waals surface area contributed by atoms with Crippen LogP contribution in [0, 0.1) is 11.8 Å². The summed E-state index contributed by atoms with van der Waals surface area (Å²) < 4.78 is 0. The molecule has 86 valence electrons. The van der Waals surface area contributed by atoms with Gasteiger partial charge in [0.15, 0.2) is 0 Å². The summed E-state index contributed by atoms with van der Waals surface area (Å²) in [5.74, 6) is 4.78. The highest BCUT2D eigenvalue weighted by Gasteiger charge is 1.99. The van der Waals surface area contributed by atoms with E-state index < -0.39 is 0 Å². The van der Waals surface area contributed by atoms with E-state index in [9.17, 15) is 4.79 Å². The minimum absolute atomic E-state index is 0.227. The van der Waals surface area contributed by atoms with Gasteiger partial charge >= 0.3 is 0 Å². The first-order valence-electron chi connectivity index (χ1n) is 5.42. The molecule has 17 heavy (non-hydrogen) atoms. The van der Waals surface area contributed by atoms with E-state index in [1.54, 1.807) is 13.1 Å². The molecule has 1 amide bonds. The molecule has 2 rings (SSSR count). The molecule has 0 unspecified atom stereocenters. The molecule has 2 N–H and O–H groups in total. The average Bonchev–Trinajstić information content (AvgIpc) is 2.76. The number of carbonyl (C=O) groups is 1. The molecule has 0 radical (unpaired) electrons. The van der Waals surface area contributed by atoms with Crippen LogP contribution < -0.4 is 5.32 Å². The Hall–Kier alpha value is -2.28. The van der Waals surface area contributed by atoms with E-state index >= 15 is 0 Å². The maximum Gasteiger partial charge on any atom is 0.295 e.